The summed E-state index contributed by atoms with van der Waals surface area (Å²) in [5.41, 5.74) is 11.3. The highest BCUT2D eigenvalue weighted by Crippen LogP contribution is 2.75. The molecule has 10 nitrogen and oxygen atoms in total. The molecule has 1 amide bonds. The maximum atomic E-state index is 13.4. The molecule has 0 aromatic heterocycles. The first-order chi connectivity index (χ1) is 22.9. The average molecular weight is 688 g/mol. The first-order valence-electron chi connectivity index (χ1n) is 19.0. The number of ether oxygens (including phenoxy) is 3. The molecule has 278 valence electrons. The van der Waals surface area contributed by atoms with Crippen LogP contribution < -0.4 is 16.8 Å². The van der Waals surface area contributed by atoms with Gasteiger partial charge in [-0.25, -0.2) is 0 Å². The van der Waals surface area contributed by atoms with E-state index in [2.05, 4.69) is 59.9 Å². The Labute approximate surface area is 294 Å². The van der Waals surface area contributed by atoms with Crippen LogP contribution in [0.2, 0.25) is 0 Å². The zero-order valence-electron chi connectivity index (χ0n) is 31.4. The summed E-state index contributed by atoms with van der Waals surface area (Å²) in [6.07, 6.45) is 7.92. The Morgan fingerprint density at radius 1 is 1.08 bits per heavy atom. The Bertz CT molecular complexity index is 1300. The molecule has 5 rings (SSSR count). The van der Waals surface area contributed by atoms with Crippen LogP contribution in [0.5, 0.6) is 0 Å². The van der Waals surface area contributed by atoms with Crippen LogP contribution in [0.1, 0.15) is 107 Å². The van der Waals surface area contributed by atoms with Gasteiger partial charge in [0.25, 0.3) is 0 Å². The number of esters is 1. The summed E-state index contributed by atoms with van der Waals surface area (Å²) in [7, 11) is 0. The van der Waals surface area contributed by atoms with Crippen LogP contribution in [-0.2, 0) is 28.6 Å². The lowest BCUT2D eigenvalue weighted by Crippen LogP contribution is -2.70. The van der Waals surface area contributed by atoms with Crippen LogP contribution in [0.15, 0.2) is 11.6 Å². The summed E-state index contributed by atoms with van der Waals surface area (Å²) in [5, 5.41) is 13.9. The van der Waals surface area contributed by atoms with Crippen molar-refractivity contribution in [2.75, 3.05) is 32.9 Å². The molecule has 0 spiro atoms. The summed E-state index contributed by atoms with van der Waals surface area (Å²) < 4.78 is 19.2. The number of carboxylic acids is 1. The molecule has 6 N–H and O–H groups in total. The molecule has 2 unspecified atom stereocenters. The molecule has 1 heterocycles. The molecule has 0 aromatic rings. The van der Waals surface area contributed by atoms with E-state index in [0.717, 1.165) is 25.7 Å². The topological polar surface area (TPSA) is 163 Å². The number of carboxylic acid groups (broad SMARTS) is 1. The van der Waals surface area contributed by atoms with E-state index in [0.29, 0.717) is 57.9 Å². The lowest BCUT2D eigenvalue weighted by atomic mass is 9.34. The van der Waals surface area contributed by atoms with Crippen molar-refractivity contribution in [3.63, 3.8) is 0 Å². The van der Waals surface area contributed by atoms with Crippen molar-refractivity contribution < 1.29 is 33.7 Å². The monoisotopic (exact) mass is 687 g/mol. The number of carbonyl (C=O) groups excluding carboxylic acids is 2. The predicted octanol–water partition coefficient (Wildman–Crippen LogP) is 5.07. The molecule has 4 fully saturated rings. The third kappa shape index (κ3) is 6.08. The van der Waals surface area contributed by atoms with Crippen LogP contribution in [-0.4, -0.2) is 74.1 Å². The van der Waals surface area contributed by atoms with E-state index in [1.165, 1.54) is 12.5 Å². The van der Waals surface area contributed by atoms with Gasteiger partial charge >= 0.3 is 11.9 Å². The number of rotatable bonds is 12. The molecule has 3 saturated carbocycles. The molecule has 12 atom stereocenters. The fourth-order valence-electron chi connectivity index (χ4n) is 12.2. The number of carbonyl (C=O) groups is 3. The van der Waals surface area contributed by atoms with Crippen LogP contribution in [0, 0.1) is 56.7 Å². The number of hydrogen-bond acceptors (Lipinski definition) is 8. The molecule has 4 aliphatic carbocycles. The third-order valence-electron chi connectivity index (χ3n) is 15.1. The van der Waals surface area contributed by atoms with Crippen molar-refractivity contribution in [1.29, 1.82) is 0 Å². The lowest BCUT2D eigenvalue weighted by Gasteiger charge is -2.71. The minimum Gasteiger partial charge on any atom is -0.481 e. The molecule has 10 heteroatoms. The maximum absolute atomic E-state index is 13.4. The Morgan fingerprint density at radius 2 is 1.80 bits per heavy atom. The van der Waals surface area contributed by atoms with E-state index in [1.54, 1.807) is 0 Å². The molecule has 0 radical (unpaired) electrons. The number of aliphatic carboxylic acids is 1. The Morgan fingerprint density at radius 3 is 2.43 bits per heavy atom. The number of fused-ring (bicyclic) bond motifs is 3. The standard InChI is InChI=1S/C39H65N3O7/c1-23(2)24(3)35(5)15-16-37(7)26-11-12-30-36(6)21-47-22-39(30,27(26)13-14-38(37,8)31(35)34(45)46)20-29(49-25(4)43)32(36)48-19-18-42-33(44)28(41)10-9-17-40/h13,23-24,26,28-32H,9-12,14-22,40-41H2,1-8H3,(H,42,44)(H,45,46)/t24-,26+,28?,29-,30+,31-,32+,35-,36?,37-,38+,39+/m1/s1. The quantitative estimate of drug-likeness (QED) is 0.125. The normalized spacial score (nSPS) is 42.5. The minimum absolute atomic E-state index is 0.197. The Balaban J connectivity index is 1.45. The van der Waals surface area contributed by atoms with Gasteiger partial charge in [-0.05, 0) is 97.8 Å². The van der Waals surface area contributed by atoms with Gasteiger partial charge in [-0.3, -0.25) is 14.4 Å². The maximum Gasteiger partial charge on any atom is 0.307 e. The zero-order chi connectivity index (χ0) is 36.2. The summed E-state index contributed by atoms with van der Waals surface area (Å²) >= 11 is 0. The van der Waals surface area contributed by atoms with Crippen LogP contribution >= 0.6 is 0 Å². The van der Waals surface area contributed by atoms with Gasteiger partial charge in [-0.2, -0.15) is 0 Å². The van der Waals surface area contributed by atoms with Crippen LogP contribution in [0.4, 0.5) is 0 Å². The smallest absolute Gasteiger partial charge is 0.307 e. The highest BCUT2D eigenvalue weighted by Gasteiger charge is 2.72. The number of amides is 1. The predicted molar refractivity (Wildman–Crippen MR) is 188 cm³/mol. The summed E-state index contributed by atoms with van der Waals surface area (Å²) in [4.78, 5) is 38.5. The van der Waals surface area contributed by atoms with E-state index in [1.807, 2.05) is 0 Å². The van der Waals surface area contributed by atoms with E-state index < -0.39 is 41.0 Å². The first kappa shape index (κ1) is 38.2. The Kier molecular flexibility index (Phi) is 10.8. The van der Waals surface area contributed by atoms with Gasteiger partial charge in [0, 0.05) is 24.3 Å². The van der Waals surface area contributed by atoms with Gasteiger partial charge in [0.1, 0.15) is 12.2 Å². The molecule has 1 aliphatic heterocycles. The average Bonchev–Trinajstić information content (AvgIpc) is 3.02. The van der Waals surface area contributed by atoms with Crippen molar-refractivity contribution >= 4 is 17.8 Å². The molecule has 1 saturated heterocycles. The van der Waals surface area contributed by atoms with Crippen molar-refractivity contribution in [3.8, 4) is 0 Å². The second kappa shape index (κ2) is 13.8. The fourth-order valence-corrected chi connectivity index (χ4v) is 12.2. The van der Waals surface area contributed by atoms with Gasteiger partial charge in [0.05, 0.1) is 31.8 Å². The highest BCUT2D eigenvalue weighted by atomic mass is 16.6. The van der Waals surface area contributed by atoms with Gasteiger partial charge < -0.3 is 36.1 Å². The SMILES string of the molecule is CC(=O)O[C@@H]1C[C@@]23COCC(C)([C@H]1OCCNC(=O)C(N)CCCN)[C@@H]2CC[C@H]1C3=CC[C@@]2(C)[C@H](C(=O)O)[C@@](C)([C@H](C)C(C)C)CC[C@]12C. The van der Waals surface area contributed by atoms with Gasteiger partial charge in [0.15, 0.2) is 0 Å². The first-order valence-corrected chi connectivity index (χ1v) is 19.0. The van der Waals surface area contributed by atoms with E-state index in [9.17, 15) is 19.5 Å². The second-order valence-electron chi connectivity index (χ2n) is 17.8. The molecule has 2 bridgehead atoms. The van der Waals surface area contributed by atoms with Crippen molar-refractivity contribution in [3.05, 3.63) is 11.6 Å². The zero-order valence-corrected chi connectivity index (χ0v) is 31.4. The van der Waals surface area contributed by atoms with E-state index >= 15 is 0 Å². The largest absolute Gasteiger partial charge is 0.481 e. The summed E-state index contributed by atoms with van der Waals surface area (Å²) in [6, 6.07) is -0.609. The summed E-state index contributed by atoms with van der Waals surface area (Å²) in [6.45, 7) is 19.4. The number of allylic oxidation sites excluding steroid dienone is 1. The lowest BCUT2D eigenvalue weighted by molar-refractivity contribution is -0.266. The van der Waals surface area contributed by atoms with Crippen LogP contribution in [0.25, 0.3) is 0 Å². The minimum atomic E-state index is -0.665. The Hall–Kier alpha value is -2.01. The van der Waals surface area contributed by atoms with E-state index in [-0.39, 0.29) is 52.5 Å². The highest BCUT2D eigenvalue weighted by molar-refractivity contribution is 5.81. The molecule has 0 aromatic carbocycles. The molecule has 5 aliphatic rings. The van der Waals surface area contributed by atoms with E-state index in [4.69, 9.17) is 25.7 Å². The number of nitrogens with two attached hydrogens (primary N) is 2. The molecular formula is C39H65N3O7. The molecule has 49 heavy (non-hydrogen) atoms. The van der Waals surface area contributed by atoms with Gasteiger partial charge in [0.2, 0.25) is 5.91 Å². The third-order valence-corrected chi connectivity index (χ3v) is 15.1. The van der Waals surface area contributed by atoms with Crippen molar-refractivity contribution in [2.24, 2.45) is 68.1 Å². The van der Waals surface area contributed by atoms with Crippen LogP contribution in [0.3, 0.4) is 0 Å². The van der Waals surface area contributed by atoms with Gasteiger partial charge in [-0.1, -0.05) is 60.1 Å². The second-order valence-corrected chi connectivity index (χ2v) is 17.8. The van der Waals surface area contributed by atoms with Crippen molar-refractivity contribution in [1.82, 2.24) is 5.32 Å². The van der Waals surface area contributed by atoms with Crippen molar-refractivity contribution in [2.45, 2.75) is 125 Å². The number of nitrogens with one attached hydrogen (secondary N) is 1. The van der Waals surface area contributed by atoms with Gasteiger partial charge in [-0.15, -0.1) is 0 Å². The fraction of sp³-hybridized carbons (Fsp3) is 0.872. The molecular weight excluding hydrogens is 622 g/mol. The number of hydrogen-bond donors (Lipinski definition) is 4. The summed E-state index contributed by atoms with van der Waals surface area (Å²) in [5.74, 6) is -0.524.